The van der Waals surface area contributed by atoms with Crippen molar-refractivity contribution in [2.75, 3.05) is 17.2 Å². The van der Waals surface area contributed by atoms with E-state index in [2.05, 4.69) is 0 Å². The molecule has 3 rings (SSSR count). The van der Waals surface area contributed by atoms with E-state index in [-0.39, 0.29) is 17.1 Å². The van der Waals surface area contributed by atoms with Crippen molar-refractivity contribution in [3.8, 4) is 0 Å². The lowest BCUT2D eigenvalue weighted by Gasteiger charge is -2.21. The summed E-state index contributed by atoms with van der Waals surface area (Å²) >= 11 is 0. The van der Waals surface area contributed by atoms with E-state index in [0.717, 1.165) is 5.56 Å². The number of hydrogen-bond acceptors (Lipinski definition) is 6. The number of fused-ring (bicyclic) bond motifs is 1. The van der Waals surface area contributed by atoms with Crippen LogP contribution in [0.5, 0.6) is 0 Å². The van der Waals surface area contributed by atoms with Crippen LogP contribution < -0.4 is 21.5 Å². The first-order valence-electron chi connectivity index (χ1n) is 5.64. The van der Waals surface area contributed by atoms with E-state index in [0.29, 0.717) is 18.7 Å². The number of rotatable bonds is 2. The van der Waals surface area contributed by atoms with Crippen LogP contribution in [0.2, 0.25) is 0 Å². The van der Waals surface area contributed by atoms with E-state index in [9.17, 15) is 19.7 Å². The maximum Gasteiger partial charge on any atom is 0.269 e. The van der Waals surface area contributed by atoms with Gasteiger partial charge in [-0.2, -0.15) is 0 Å². The average Bonchev–Trinajstić information content (AvgIpc) is 2.81. The van der Waals surface area contributed by atoms with Gasteiger partial charge in [0, 0.05) is 24.4 Å². The van der Waals surface area contributed by atoms with Crippen molar-refractivity contribution in [1.29, 1.82) is 0 Å². The molecule has 0 bridgehead atoms. The topological polar surface area (TPSA) is 107 Å². The Bertz CT molecular complexity index is 774. The molecular weight excluding hydrogens is 250 g/mol. The van der Waals surface area contributed by atoms with Gasteiger partial charge in [-0.1, -0.05) is 0 Å². The van der Waals surface area contributed by atoms with Crippen molar-refractivity contribution >= 4 is 22.7 Å². The standard InChI is InChI=1S/C12H9N3O4/c13-9-10(12(17)11(9)16)14-4-3-6-5-7(15(18)19)1-2-8(6)14/h1-2,5H,3-4,13H2. The van der Waals surface area contributed by atoms with Gasteiger partial charge in [0.15, 0.2) is 0 Å². The zero-order valence-electron chi connectivity index (χ0n) is 9.75. The molecule has 19 heavy (non-hydrogen) atoms. The first-order chi connectivity index (χ1) is 9.00. The van der Waals surface area contributed by atoms with Gasteiger partial charge < -0.3 is 10.6 Å². The Kier molecular flexibility index (Phi) is 2.19. The van der Waals surface area contributed by atoms with Crippen molar-refractivity contribution in [3.05, 3.63) is 54.3 Å². The second-order valence-corrected chi connectivity index (χ2v) is 4.39. The Hall–Kier alpha value is -2.70. The van der Waals surface area contributed by atoms with Gasteiger partial charge in [0.05, 0.1) is 4.92 Å². The largest absolute Gasteiger partial charge is 0.394 e. The summed E-state index contributed by atoms with van der Waals surface area (Å²) in [5.41, 5.74) is 5.94. The number of hydrogen-bond donors (Lipinski definition) is 1. The molecule has 0 aliphatic carbocycles. The lowest BCUT2D eigenvalue weighted by atomic mass is 10.1. The molecule has 2 N–H and O–H groups in total. The third kappa shape index (κ3) is 1.44. The van der Waals surface area contributed by atoms with Gasteiger partial charge in [0.25, 0.3) is 16.5 Å². The van der Waals surface area contributed by atoms with Crippen LogP contribution in [0.15, 0.2) is 27.8 Å². The Morgan fingerprint density at radius 2 is 2.00 bits per heavy atom. The molecule has 0 radical (unpaired) electrons. The molecule has 2 aromatic carbocycles. The minimum absolute atomic E-state index is 0.0126. The molecule has 0 aromatic heterocycles. The molecule has 0 saturated carbocycles. The molecule has 0 spiro atoms. The molecule has 0 amide bonds. The minimum Gasteiger partial charge on any atom is -0.394 e. The zero-order chi connectivity index (χ0) is 13.7. The van der Waals surface area contributed by atoms with Crippen molar-refractivity contribution in [2.24, 2.45) is 0 Å². The van der Waals surface area contributed by atoms with Gasteiger partial charge in [-0.25, -0.2) is 0 Å². The van der Waals surface area contributed by atoms with Crippen LogP contribution in [0.3, 0.4) is 0 Å². The van der Waals surface area contributed by atoms with Crippen molar-refractivity contribution in [3.63, 3.8) is 0 Å². The number of benzene rings is 1. The maximum absolute atomic E-state index is 11.5. The van der Waals surface area contributed by atoms with Crippen LogP contribution in [0.1, 0.15) is 5.56 Å². The van der Waals surface area contributed by atoms with Crippen LogP contribution >= 0.6 is 0 Å². The number of nitrogens with zero attached hydrogens (tertiary/aromatic N) is 2. The highest BCUT2D eigenvalue weighted by molar-refractivity contribution is 5.81. The Morgan fingerprint density at radius 3 is 2.63 bits per heavy atom. The summed E-state index contributed by atoms with van der Waals surface area (Å²) in [6.45, 7) is 0.492. The van der Waals surface area contributed by atoms with E-state index < -0.39 is 15.8 Å². The summed E-state index contributed by atoms with van der Waals surface area (Å²) in [4.78, 5) is 34.5. The summed E-state index contributed by atoms with van der Waals surface area (Å²) in [6, 6.07) is 4.44. The van der Waals surface area contributed by atoms with E-state index in [1.54, 1.807) is 11.0 Å². The number of nitro benzene ring substituents is 1. The lowest BCUT2D eigenvalue weighted by Crippen LogP contribution is -2.40. The third-order valence-corrected chi connectivity index (χ3v) is 3.36. The molecule has 0 atom stereocenters. The molecule has 0 unspecified atom stereocenters. The van der Waals surface area contributed by atoms with Crippen molar-refractivity contribution < 1.29 is 4.92 Å². The van der Waals surface area contributed by atoms with Crippen LogP contribution in [-0.4, -0.2) is 11.5 Å². The molecule has 7 heteroatoms. The highest BCUT2D eigenvalue weighted by atomic mass is 16.6. The van der Waals surface area contributed by atoms with Gasteiger partial charge in [0.1, 0.15) is 11.4 Å². The molecule has 1 aliphatic rings. The smallest absolute Gasteiger partial charge is 0.269 e. The third-order valence-electron chi connectivity index (χ3n) is 3.36. The van der Waals surface area contributed by atoms with Gasteiger partial charge in [0.2, 0.25) is 0 Å². The fourth-order valence-electron chi connectivity index (χ4n) is 2.40. The molecule has 96 valence electrons. The lowest BCUT2D eigenvalue weighted by molar-refractivity contribution is -0.384. The monoisotopic (exact) mass is 259 g/mol. The molecule has 1 heterocycles. The van der Waals surface area contributed by atoms with E-state index in [1.165, 1.54) is 12.1 Å². The van der Waals surface area contributed by atoms with E-state index >= 15 is 0 Å². The maximum atomic E-state index is 11.5. The van der Waals surface area contributed by atoms with Crippen LogP contribution in [0.4, 0.5) is 22.7 Å². The van der Waals surface area contributed by atoms with Gasteiger partial charge in [-0.05, 0) is 18.1 Å². The van der Waals surface area contributed by atoms with Crippen LogP contribution in [0.25, 0.3) is 0 Å². The molecular formula is C12H9N3O4. The summed E-state index contributed by atoms with van der Waals surface area (Å²) in [5.74, 6) is 0. The highest BCUT2D eigenvalue weighted by Gasteiger charge is 2.30. The van der Waals surface area contributed by atoms with Gasteiger partial charge >= 0.3 is 0 Å². The molecule has 0 fully saturated rings. The Labute approximate surface area is 106 Å². The predicted octanol–water partition coefficient (Wildman–Crippen LogP) is 0.467. The SMILES string of the molecule is Nc1c(N2CCc3cc([N+](=O)[O-])ccc32)c(=O)c1=O. The number of non-ortho nitro benzene ring substituents is 1. The van der Waals surface area contributed by atoms with Crippen molar-refractivity contribution in [1.82, 2.24) is 0 Å². The molecule has 1 aliphatic heterocycles. The number of nitrogen functional groups attached to an aromatic ring is 1. The summed E-state index contributed by atoms with van der Waals surface area (Å²) < 4.78 is 0. The summed E-state index contributed by atoms with van der Waals surface area (Å²) in [6.07, 6.45) is 0.579. The average molecular weight is 259 g/mol. The zero-order valence-corrected chi connectivity index (χ0v) is 9.75. The fraction of sp³-hybridized carbons (Fsp3) is 0.167. The normalized spacial score (nSPS) is 13.8. The highest BCUT2D eigenvalue weighted by Crippen LogP contribution is 2.36. The van der Waals surface area contributed by atoms with E-state index in [4.69, 9.17) is 5.73 Å². The minimum atomic E-state index is -0.662. The summed E-state index contributed by atoms with van der Waals surface area (Å²) in [5, 5.41) is 10.7. The van der Waals surface area contributed by atoms with Gasteiger partial charge in [-0.3, -0.25) is 19.7 Å². The van der Waals surface area contributed by atoms with Crippen molar-refractivity contribution in [2.45, 2.75) is 6.42 Å². The second-order valence-electron chi connectivity index (χ2n) is 4.39. The van der Waals surface area contributed by atoms with E-state index in [1.807, 2.05) is 0 Å². The fourth-order valence-corrected chi connectivity index (χ4v) is 2.40. The quantitative estimate of drug-likeness (QED) is 0.477. The number of nitrogens with two attached hydrogens (primary N) is 1. The van der Waals surface area contributed by atoms with Crippen LogP contribution in [-0.2, 0) is 6.42 Å². The Morgan fingerprint density at radius 1 is 1.26 bits per heavy atom. The predicted molar refractivity (Wildman–Crippen MR) is 69.6 cm³/mol. The first-order valence-corrected chi connectivity index (χ1v) is 5.64. The first kappa shape index (κ1) is 11.4. The molecule has 0 saturated heterocycles. The molecule has 2 aromatic rings. The van der Waals surface area contributed by atoms with Crippen LogP contribution in [0, 0.1) is 10.1 Å². The Balaban J connectivity index is 2.07. The summed E-state index contributed by atoms with van der Waals surface area (Å²) in [7, 11) is 0. The second kappa shape index (κ2) is 3.64. The van der Waals surface area contributed by atoms with Gasteiger partial charge in [-0.15, -0.1) is 0 Å². The molecule has 7 nitrogen and oxygen atoms in total. The number of anilines is 3. The number of nitro groups is 1.